The van der Waals surface area contributed by atoms with E-state index >= 15 is 0 Å². The van der Waals surface area contributed by atoms with Crippen molar-refractivity contribution >= 4 is 28.1 Å². The minimum Gasteiger partial charge on any atom is -0.272 e. The Hall–Kier alpha value is -1.67. The van der Waals surface area contributed by atoms with Crippen molar-refractivity contribution in [1.82, 2.24) is 5.43 Å². The number of nitriles is 1. The summed E-state index contributed by atoms with van der Waals surface area (Å²) in [5, 5.41) is 11.9. The van der Waals surface area contributed by atoms with Crippen LogP contribution >= 0.6 is 15.9 Å². The first-order valence-electron chi connectivity index (χ1n) is 4.17. The van der Waals surface area contributed by atoms with Crippen LogP contribution in [0.15, 0.2) is 33.8 Å². The predicted octanol–water partition coefficient (Wildman–Crippen LogP) is 1.81. The average Bonchev–Trinajstić information content (AvgIpc) is 2.21. The summed E-state index contributed by atoms with van der Waals surface area (Å²) in [4.78, 5) is 10.8. The fourth-order valence-corrected chi connectivity index (χ4v) is 1.10. The number of amides is 1. The molecule has 0 radical (unpaired) electrons. The quantitative estimate of drug-likeness (QED) is 0.669. The summed E-state index contributed by atoms with van der Waals surface area (Å²) in [6.45, 7) is 0. The lowest BCUT2D eigenvalue weighted by atomic mass is 10.2. The van der Waals surface area contributed by atoms with E-state index in [1.807, 2.05) is 24.3 Å². The molecule has 1 rings (SSSR count). The number of hydrazone groups is 1. The number of hydrogen-bond acceptors (Lipinski definition) is 3. The van der Waals surface area contributed by atoms with E-state index in [1.165, 1.54) is 6.21 Å². The Labute approximate surface area is 95.7 Å². The molecular weight excluding hydrogens is 258 g/mol. The molecule has 0 heterocycles. The summed E-state index contributed by atoms with van der Waals surface area (Å²) in [7, 11) is 0. The molecule has 15 heavy (non-hydrogen) atoms. The Morgan fingerprint density at radius 2 is 2.20 bits per heavy atom. The SMILES string of the molecule is N#CCC(=O)NN=Cc1ccc(Br)cc1. The van der Waals surface area contributed by atoms with Crippen molar-refractivity contribution in [3.05, 3.63) is 34.3 Å². The largest absolute Gasteiger partial charge is 0.272 e. The molecule has 5 heteroatoms. The summed E-state index contributed by atoms with van der Waals surface area (Å²) in [6.07, 6.45) is 1.33. The standard InChI is InChI=1S/C10H8BrN3O/c11-9-3-1-8(2-4-9)7-13-14-10(15)5-6-12/h1-4,7H,5H2,(H,14,15). The lowest BCUT2D eigenvalue weighted by Gasteiger charge is -1.94. The third-order valence-corrected chi connectivity index (χ3v) is 2.04. The number of halogens is 1. The maximum atomic E-state index is 10.8. The van der Waals surface area contributed by atoms with Crippen LogP contribution in [0.1, 0.15) is 12.0 Å². The van der Waals surface area contributed by atoms with Gasteiger partial charge in [-0.3, -0.25) is 4.79 Å². The second kappa shape index (κ2) is 5.94. The fourth-order valence-electron chi connectivity index (χ4n) is 0.839. The zero-order chi connectivity index (χ0) is 11.1. The van der Waals surface area contributed by atoms with Crippen LogP contribution in [0.2, 0.25) is 0 Å². The number of nitrogens with zero attached hydrogens (tertiary/aromatic N) is 2. The molecule has 0 atom stereocenters. The van der Waals surface area contributed by atoms with Gasteiger partial charge >= 0.3 is 0 Å². The molecule has 1 amide bonds. The highest BCUT2D eigenvalue weighted by molar-refractivity contribution is 9.10. The smallest absolute Gasteiger partial charge is 0.254 e. The first-order valence-corrected chi connectivity index (χ1v) is 4.96. The van der Waals surface area contributed by atoms with Gasteiger partial charge in [-0.1, -0.05) is 28.1 Å². The molecule has 0 aliphatic carbocycles. The molecule has 4 nitrogen and oxygen atoms in total. The Morgan fingerprint density at radius 3 is 2.80 bits per heavy atom. The van der Waals surface area contributed by atoms with Gasteiger partial charge in [0.25, 0.3) is 5.91 Å². The van der Waals surface area contributed by atoms with Crippen LogP contribution in [0.25, 0.3) is 0 Å². The van der Waals surface area contributed by atoms with E-state index < -0.39 is 5.91 Å². The van der Waals surface area contributed by atoms with Crippen LogP contribution in [0.3, 0.4) is 0 Å². The second-order valence-corrected chi connectivity index (χ2v) is 3.60. The van der Waals surface area contributed by atoms with Gasteiger partial charge in [0.1, 0.15) is 6.42 Å². The number of benzene rings is 1. The monoisotopic (exact) mass is 265 g/mol. The van der Waals surface area contributed by atoms with Crippen molar-refractivity contribution in [3.8, 4) is 6.07 Å². The zero-order valence-electron chi connectivity index (χ0n) is 7.77. The van der Waals surface area contributed by atoms with Gasteiger partial charge in [-0.2, -0.15) is 10.4 Å². The lowest BCUT2D eigenvalue weighted by molar-refractivity contribution is -0.120. The zero-order valence-corrected chi connectivity index (χ0v) is 9.36. The third kappa shape index (κ3) is 4.38. The van der Waals surface area contributed by atoms with Crippen molar-refractivity contribution < 1.29 is 4.79 Å². The van der Waals surface area contributed by atoms with Gasteiger partial charge in [0.15, 0.2) is 0 Å². The molecule has 1 aromatic rings. The van der Waals surface area contributed by atoms with Gasteiger partial charge in [-0.05, 0) is 17.7 Å². The molecule has 0 aromatic heterocycles. The van der Waals surface area contributed by atoms with Gasteiger partial charge in [0.2, 0.25) is 0 Å². The topological polar surface area (TPSA) is 65.2 Å². The second-order valence-electron chi connectivity index (χ2n) is 2.68. The molecule has 0 aliphatic rings. The minimum atomic E-state index is -0.411. The van der Waals surface area contributed by atoms with E-state index in [2.05, 4.69) is 26.5 Å². The number of carbonyl (C=O) groups is 1. The van der Waals surface area contributed by atoms with E-state index in [0.29, 0.717) is 0 Å². The van der Waals surface area contributed by atoms with Crippen LogP contribution in [-0.4, -0.2) is 12.1 Å². The average molecular weight is 266 g/mol. The maximum absolute atomic E-state index is 10.8. The van der Waals surface area contributed by atoms with Crippen LogP contribution in [0.4, 0.5) is 0 Å². The Morgan fingerprint density at radius 1 is 1.53 bits per heavy atom. The summed E-state index contributed by atoms with van der Waals surface area (Å²) < 4.78 is 0.980. The van der Waals surface area contributed by atoms with Crippen LogP contribution in [0, 0.1) is 11.3 Å². The predicted molar refractivity (Wildman–Crippen MR) is 60.1 cm³/mol. The molecular formula is C10H8BrN3O. The number of nitrogens with one attached hydrogen (secondary N) is 1. The van der Waals surface area contributed by atoms with E-state index in [-0.39, 0.29) is 6.42 Å². The van der Waals surface area contributed by atoms with Gasteiger partial charge in [-0.15, -0.1) is 0 Å². The molecule has 76 valence electrons. The molecule has 0 unspecified atom stereocenters. The minimum absolute atomic E-state index is 0.183. The molecule has 0 saturated heterocycles. The lowest BCUT2D eigenvalue weighted by Crippen LogP contribution is -2.16. The molecule has 0 spiro atoms. The Bertz CT molecular complexity index is 406. The Kier molecular flexibility index (Phi) is 4.51. The molecule has 0 fully saturated rings. The van der Waals surface area contributed by atoms with Gasteiger partial charge in [0.05, 0.1) is 12.3 Å². The highest BCUT2D eigenvalue weighted by atomic mass is 79.9. The van der Waals surface area contributed by atoms with Crippen molar-refractivity contribution in [1.29, 1.82) is 5.26 Å². The van der Waals surface area contributed by atoms with E-state index in [1.54, 1.807) is 6.07 Å². The highest BCUT2D eigenvalue weighted by Crippen LogP contribution is 2.08. The summed E-state index contributed by atoms with van der Waals surface area (Å²) in [5.41, 5.74) is 3.11. The van der Waals surface area contributed by atoms with Crippen molar-refractivity contribution in [2.75, 3.05) is 0 Å². The highest BCUT2D eigenvalue weighted by Gasteiger charge is 1.95. The molecule has 0 saturated carbocycles. The van der Waals surface area contributed by atoms with Gasteiger partial charge in [0, 0.05) is 4.47 Å². The maximum Gasteiger partial charge on any atom is 0.254 e. The van der Waals surface area contributed by atoms with Crippen molar-refractivity contribution in [3.63, 3.8) is 0 Å². The fraction of sp³-hybridized carbons (Fsp3) is 0.100. The number of carbonyl (C=O) groups excluding carboxylic acids is 1. The van der Waals surface area contributed by atoms with Gasteiger partial charge in [-0.25, -0.2) is 5.43 Å². The Balaban J connectivity index is 2.48. The van der Waals surface area contributed by atoms with Crippen LogP contribution in [-0.2, 0) is 4.79 Å². The molecule has 0 bridgehead atoms. The number of hydrogen-bond donors (Lipinski definition) is 1. The van der Waals surface area contributed by atoms with Gasteiger partial charge < -0.3 is 0 Å². The third-order valence-electron chi connectivity index (χ3n) is 1.51. The summed E-state index contributed by atoms with van der Waals surface area (Å²) >= 11 is 3.31. The number of rotatable bonds is 3. The molecule has 0 aliphatic heterocycles. The van der Waals surface area contributed by atoms with Crippen LogP contribution in [0.5, 0.6) is 0 Å². The molecule has 1 N–H and O–H groups in total. The van der Waals surface area contributed by atoms with E-state index in [0.717, 1.165) is 10.0 Å². The summed E-state index contributed by atoms with van der Waals surface area (Å²) in [6, 6.07) is 9.18. The van der Waals surface area contributed by atoms with E-state index in [4.69, 9.17) is 5.26 Å². The van der Waals surface area contributed by atoms with E-state index in [9.17, 15) is 4.79 Å². The first kappa shape index (κ1) is 11.4. The normalized spacial score (nSPS) is 9.87. The van der Waals surface area contributed by atoms with Crippen molar-refractivity contribution in [2.24, 2.45) is 5.10 Å². The van der Waals surface area contributed by atoms with Crippen LogP contribution < -0.4 is 5.43 Å². The van der Waals surface area contributed by atoms with Crippen molar-refractivity contribution in [2.45, 2.75) is 6.42 Å². The first-order chi connectivity index (χ1) is 7.22. The summed E-state index contributed by atoms with van der Waals surface area (Å²) in [5.74, 6) is -0.411. The molecule has 1 aromatic carbocycles.